The van der Waals surface area contributed by atoms with Gasteiger partial charge in [0.25, 0.3) is 0 Å². The monoisotopic (exact) mass is 439 g/mol. The Balaban J connectivity index is 1.17. The lowest BCUT2D eigenvalue weighted by molar-refractivity contribution is -0.113. The molecular weight excluding hydrogens is 406 g/mol. The SMILES string of the molecule is Cc1cc(CCOc2ccc3c(c2)CCC[C@@H]3NC2CC(C=O)C2)ccc1-c1ccccc1. The van der Waals surface area contributed by atoms with Crippen LogP contribution in [-0.2, 0) is 17.6 Å². The molecule has 0 amide bonds. The number of ether oxygens (including phenoxy) is 1. The van der Waals surface area contributed by atoms with E-state index in [4.69, 9.17) is 4.74 Å². The topological polar surface area (TPSA) is 38.3 Å². The standard InChI is InChI=1S/C30H33NO2/c1-21-16-22(10-12-28(21)24-6-3-2-4-7-24)14-15-33-27-11-13-29-25(19-27)8-5-9-30(29)31-26-17-23(18-26)20-32/h2-4,6-7,10-13,16,19-20,23,26,30-31H,5,8-9,14-15,17-18H2,1H3/t23?,26?,30-/m0/s1. The van der Waals surface area contributed by atoms with E-state index in [1.807, 2.05) is 0 Å². The largest absolute Gasteiger partial charge is 0.493 e. The van der Waals surface area contributed by atoms with Crippen molar-refractivity contribution in [1.29, 1.82) is 0 Å². The van der Waals surface area contributed by atoms with Gasteiger partial charge in [-0.1, -0.05) is 54.6 Å². The van der Waals surface area contributed by atoms with Gasteiger partial charge in [-0.2, -0.15) is 0 Å². The van der Waals surface area contributed by atoms with Crippen LogP contribution in [0.15, 0.2) is 66.7 Å². The summed E-state index contributed by atoms with van der Waals surface area (Å²) < 4.78 is 6.15. The molecule has 0 aliphatic heterocycles. The molecule has 0 heterocycles. The van der Waals surface area contributed by atoms with Crippen molar-refractivity contribution in [3.8, 4) is 16.9 Å². The minimum absolute atomic E-state index is 0.264. The molecule has 2 aliphatic rings. The van der Waals surface area contributed by atoms with Crippen LogP contribution in [0.4, 0.5) is 0 Å². The fourth-order valence-corrected chi connectivity index (χ4v) is 5.36. The van der Waals surface area contributed by atoms with Crippen LogP contribution in [0.3, 0.4) is 0 Å². The number of hydrogen-bond donors (Lipinski definition) is 1. The maximum atomic E-state index is 10.9. The van der Waals surface area contributed by atoms with Gasteiger partial charge in [0.2, 0.25) is 0 Å². The molecule has 170 valence electrons. The van der Waals surface area contributed by atoms with Crippen molar-refractivity contribution in [2.45, 2.75) is 57.5 Å². The van der Waals surface area contributed by atoms with Crippen molar-refractivity contribution >= 4 is 6.29 Å². The van der Waals surface area contributed by atoms with E-state index < -0.39 is 0 Å². The van der Waals surface area contributed by atoms with E-state index in [1.54, 1.807) is 0 Å². The third kappa shape index (κ3) is 5.04. The van der Waals surface area contributed by atoms with Crippen molar-refractivity contribution in [3.63, 3.8) is 0 Å². The Morgan fingerprint density at radius 2 is 1.88 bits per heavy atom. The maximum absolute atomic E-state index is 10.9. The molecule has 33 heavy (non-hydrogen) atoms. The Morgan fingerprint density at radius 1 is 1.03 bits per heavy atom. The van der Waals surface area contributed by atoms with E-state index in [0.29, 0.717) is 18.7 Å². The molecule has 2 aliphatic carbocycles. The third-order valence-corrected chi connectivity index (χ3v) is 7.27. The predicted molar refractivity (Wildman–Crippen MR) is 134 cm³/mol. The third-order valence-electron chi connectivity index (χ3n) is 7.27. The van der Waals surface area contributed by atoms with Gasteiger partial charge >= 0.3 is 0 Å². The Hall–Kier alpha value is -2.91. The van der Waals surface area contributed by atoms with E-state index in [9.17, 15) is 4.79 Å². The number of aryl methyl sites for hydroxylation is 2. The molecule has 3 nitrogen and oxygen atoms in total. The number of fused-ring (bicyclic) bond motifs is 1. The molecule has 1 saturated carbocycles. The van der Waals surface area contributed by atoms with E-state index in [2.05, 4.69) is 79.0 Å². The highest BCUT2D eigenvalue weighted by Crippen LogP contribution is 2.35. The summed E-state index contributed by atoms with van der Waals surface area (Å²) in [5, 5.41) is 3.78. The first kappa shape index (κ1) is 21.9. The number of nitrogens with one attached hydrogen (secondary N) is 1. The first-order valence-corrected chi connectivity index (χ1v) is 12.3. The summed E-state index contributed by atoms with van der Waals surface area (Å²) in [7, 11) is 0. The van der Waals surface area contributed by atoms with Gasteiger partial charge in [0, 0.05) is 24.4 Å². The van der Waals surface area contributed by atoms with Crippen LogP contribution in [0.1, 0.15) is 54.0 Å². The Kier molecular flexibility index (Phi) is 6.59. The average molecular weight is 440 g/mol. The molecule has 1 fully saturated rings. The molecule has 3 aromatic rings. The quantitative estimate of drug-likeness (QED) is 0.423. The van der Waals surface area contributed by atoms with Crippen molar-refractivity contribution < 1.29 is 9.53 Å². The van der Waals surface area contributed by atoms with Crippen LogP contribution < -0.4 is 10.1 Å². The van der Waals surface area contributed by atoms with Crippen LogP contribution in [0.5, 0.6) is 5.75 Å². The number of carbonyl (C=O) groups is 1. The number of hydrogen-bond acceptors (Lipinski definition) is 3. The lowest BCUT2D eigenvalue weighted by atomic mass is 9.79. The van der Waals surface area contributed by atoms with Gasteiger partial charge in [0.05, 0.1) is 6.61 Å². The zero-order valence-corrected chi connectivity index (χ0v) is 19.4. The molecular formula is C30H33NO2. The summed E-state index contributed by atoms with van der Waals surface area (Å²) >= 11 is 0. The lowest BCUT2D eigenvalue weighted by Gasteiger charge is -2.37. The minimum Gasteiger partial charge on any atom is -0.493 e. The number of benzene rings is 3. The predicted octanol–water partition coefficient (Wildman–Crippen LogP) is 6.23. The maximum Gasteiger partial charge on any atom is 0.123 e. The number of rotatable bonds is 8. The van der Waals surface area contributed by atoms with Crippen molar-refractivity contribution in [2.75, 3.05) is 6.61 Å². The number of carbonyl (C=O) groups excluding carboxylic acids is 1. The highest BCUT2D eigenvalue weighted by atomic mass is 16.5. The zero-order chi connectivity index (χ0) is 22.6. The van der Waals surface area contributed by atoms with Crippen molar-refractivity contribution in [1.82, 2.24) is 5.32 Å². The highest BCUT2D eigenvalue weighted by molar-refractivity contribution is 5.67. The summed E-state index contributed by atoms with van der Waals surface area (Å²) in [6, 6.07) is 24.8. The second kappa shape index (κ2) is 9.93. The van der Waals surface area contributed by atoms with Gasteiger partial charge in [-0.25, -0.2) is 0 Å². The van der Waals surface area contributed by atoms with Crippen molar-refractivity contribution in [2.24, 2.45) is 5.92 Å². The van der Waals surface area contributed by atoms with Crippen LogP contribution in [0.25, 0.3) is 11.1 Å². The fraction of sp³-hybridized carbons (Fsp3) is 0.367. The highest BCUT2D eigenvalue weighted by Gasteiger charge is 2.31. The summed E-state index contributed by atoms with van der Waals surface area (Å²) in [4.78, 5) is 10.9. The first-order chi connectivity index (χ1) is 16.2. The summed E-state index contributed by atoms with van der Waals surface area (Å²) in [5.74, 6) is 1.23. The minimum atomic E-state index is 0.264. The first-order valence-electron chi connectivity index (χ1n) is 12.3. The Morgan fingerprint density at radius 3 is 2.67 bits per heavy atom. The molecule has 0 unspecified atom stereocenters. The van der Waals surface area contributed by atoms with Crippen LogP contribution in [-0.4, -0.2) is 18.9 Å². The van der Waals surface area contributed by atoms with Crippen LogP contribution in [0.2, 0.25) is 0 Å². The van der Waals surface area contributed by atoms with Gasteiger partial charge < -0.3 is 14.8 Å². The second-order valence-electron chi connectivity index (χ2n) is 9.65. The Bertz CT molecular complexity index is 1100. The molecule has 0 aromatic heterocycles. The molecule has 0 radical (unpaired) electrons. The van der Waals surface area contributed by atoms with Gasteiger partial charge in [-0.3, -0.25) is 0 Å². The molecule has 1 atom stereocenters. The molecule has 1 N–H and O–H groups in total. The summed E-state index contributed by atoms with van der Waals surface area (Å²) in [6.45, 7) is 2.86. The summed E-state index contributed by atoms with van der Waals surface area (Å²) in [5.41, 5.74) is 7.99. The molecule has 5 rings (SSSR count). The van der Waals surface area contributed by atoms with Crippen molar-refractivity contribution in [3.05, 3.63) is 89.0 Å². The Labute approximate surface area is 197 Å². The average Bonchev–Trinajstić information content (AvgIpc) is 2.81. The van der Waals surface area contributed by atoms with Crippen LogP contribution >= 0.6 is 0 Å². The lowest BCUT2D eigenvalue weighted by Crippen LogP contribution is -2.44. The second-order valence-corrected chi connectivity index (χ2v) is 9.65. The molecule has 0 saturated heterocycles. The van der Waals surface area contributed by atoms with Gasteiger partial charge in [0.15, 0.2) is 0 Å². The van der Waals surface area contributed by atoms with Crippen LogP contribution in [0, 0.1) is 12.8 Å². The number of aldehydes is 1. The van der Waals surface area contributed by atoms with E-state index >= 15 is 0 Å². The van der Waals surface area contributed by atoms with Gasteiger partial charge in [0.1, 0.15) is 12.0 Å². The molecule has 0 spiro atoms. The fourth-order valence-electron chi connectivity index (χ4n) is 5.36. The molecule has 3 heteroatoms. The zero-order valence-electron chi connectivity index (χ0n) is 19.4. The molecule has 0 bridgehead atoms. The normalized spacial score (nSPS) is 21.7. The molecule has 3 aromatic carbocycles. The summed E-state index contributed by atoms with van der Waals surface area (Å²) in [6.07, 6.45) is 7.47. The van der Waals surface area contributed by atoms with Gasteiger partial charge in [-0.05, 0) is 84.5 Å². The van der Waals surface area contributed by atoms with E-state index in [1.165, 1.54) is 46.2 Å². The van der Waals surface area contributed by atoms with E-state index in [-0.39, 0.29) is 5.92 Å². The smallest absolute Gasteiger partial charge is 0.123 e. The van der Waals surface area contributed by atoms with E-state index in [0.717, 1.165) is 37.7 Å². The van der Waals surface area contributed by atoms with Gasteiger partial charge in [-0.15, -0.1) is 0 Å².